The van der Waals surface area contributed by atoms with Crippen LogP contribution in [0.5, 0.6) is 0 Å². The Morgan fingerprint density at radius 2 is 1.92 bits per heavy atom. The molecule has 0 aliphatic carbocycles. The van der Waals surface area contributed by atoms with Gasteiger partial charge in [-0.15, -0.1) is 0 Å². The second-order valence-electron chi connectivity index (χ2n) is 7.97. The van der Waals surface area contributed by atoms with E-state index in [9.17, 15) is 9.90 Å². The van der Waals surface area contributed by atoms with Crippen LogP contribution in [0, 0.1) is 5.92 Å². The van der Waals surface area contributed by atoms with Crippen LogP contribution in [0.15, 0.2) is 18.2 Å². The van der Waals surface area contributed by atoms with Crippen molar-refractivity contribution in [1.29, 1.82) is 0 Å². The van der Waals surface area contributed by atoms with Crippen LogP contribution in [0.25, 0.3) is 10.9 Å². The second kappa shape index (κ2) is 6.35. The molecule has 138 valence electrons. The maximum atomic E-state index is 11.8. The van der Waals surface area contributed by atoms with Gasteiger partial charge in [0, 0.05) is 25.1 Å². The quantitative estimate of drug-likeness (QED) is 0.917. The summed E-state index contributed by atoms with van der Waals surface area (Å²) in [4.78, 5) is 14.2. The third-order valence-electron chi connectivity index (χ3n) is 6.56. The normalized spacial score (nSPS) is 29.3. The molecule has 2 bridgehead atoms. The Kier molecular flexibility index (Phi) is 3.98. The molecular formula is C20H25N3O3. The highest BCUT2D eigenvalue weighted by Crippen LogP contribution is 2.38. The van der Waals surface area contributed by atoms with Crippen LogP contribution in [0.4, 0.5) is 0 Å². The van der Waals surface area contributed by atoms with E-state index in [1.165, 1.54) is 31.5 Å². The molecule has 1 aromatic heterocycles. The van der Waals surface area contributed by atoms with Gasteiger partial charge >= 0.3 is 5.97 Å². The number of aromatic nitrogens is 2. The molecule has 0 unspecified atom stereocenters. The highest BCUT2D eigenvalue weighted by Gasteiger charge is 2.37. The fourth-order valence-corrected chi connectivity index (χ4v) is 5.06. The van der Waals surface area contributed by atoms with Crippen molar-refractivity contribution in [3.8, 4) is 0 Å². The number of benzene rings is 1. The molecule has 6 nitrogen and oxygen atoms in total. The molecule has 5 heterocycles. The summed E-state index contributed by atoms with van der Waals surface area (Å²) in [7, 11) is 0. The first-order valence-electron chi connectivity index (χ1n) is 9.76. The van der Waals surface area contributed by atoms with Gasteiger partial charge in [-0.3, -0.25) is 4.68 Å². The summed E-state index contributed by atoms with van der Waals surface area (Å²) in [5.74, 6) is 0.168. The maximum absolute atomic E-state index is 11.8. The van der Waals surface area contributed by atoms with E-state index in [1.807, 2.05) is 10.7 Å². The van der Waals surface area contributed by atoms with Crippen LogP contribution in [0.3, 0.4) is 0 Å². The van der Waals surface area contributed by atoms with Crippen LogP contribution < -0.4 is 0 Å². The van der Waals surface area contributed by atoms with Gasteiger partial charge in [-0.25, -0.2) is 4.79 Å². The minimum absolute atomic E-state index is 0.190. The number of fused-ring (bicyclic) bond motifs is 4. The van der Waals surface area contributed by atoms with Crippen LogP contribution >= 0.6 is 0 Å². The Morgan fingerprint density at radius 1 is 1.15 bits per heavy atom. The summed E-state index contributed by atoms with van der Waals surface area (Å²) in [6.07, 6.45) is 4.44. The Bertz CT molecular complexity index is 832. The van der Waals surface area contributed by atoms with Crippen molar-refractivity contribution in [2.75, 3.05) is 32.8 Å². The molecule has 0 radical (unpaired) electrons. The summed E-state index contributed by atoms with van der Waals surface area (Å²) in [5, 5.41) is 15.0. The summed E-state index contributed by atoms with van der Waals surface area (Å²) in [6.45, 7) is 4.94. The molecule has 26 heavy (non-hydrogen) atoms. The molecule has 1 N–H and O–H groups in total. The molecule has 6 rings (SSSR count). The van der Waals surface area contributed by atoms with Crippen LogP contribution in [0.1, 0.15) is 53.7 Å². The van der Waals surface area contributed by atoms with E-state index in [1.54, 1.807) is 0 Å². The zero-order valence-electron chi connectivity index (χ0n) is 14.9. The third kappa shape index (κ3) is 2.63. The number of rotatable bonds is 3. The van der Waals surface area contributed by atoms with Gasteiger partial charge in [0.15, 0.2) is 5.69 Å². The molecule has 6 heteroatoms. The second-order valence-corrected chi connectivity index (χ2v) is 7.97. The molecule has 0 saturated carbocycles. The number of hydrogen-bond acceptors (Lipinski definition) is 4. The van der Waals surface area contributed by atoms with Crippen LogP contribution in [0.2, 0.25) is 0 Å². The van der Waals surface area contributed by atoms with Gasteiger partial charge in [-0.05, 0) is 62.2 Å². The molecule has 0 spiro atoms. The maximum Gasteiger partial charge on any atom is 0.357 e. The predicted octanol–water partition coefficient (Wildman–Crippen LogP) is 2.90. The molecule has 4 fully saturated rings. The van der Waals surface area contributed by atoms with Crippen molar-refractivity contribution in [3.05, 3.63) is 29.5 Å². The Labute approximate surface area is 152 Å². The molecule has 0 amide bonds. The average molecular weight is 355 g/mol. The Morgan fingerprint density at radius 3 is 2.58 bits per heavy atom. The van der Waals surface area contributed by atoms with E-state index in [0.29, 0.717) is 11.8 Å². The lowest BCUT2D eigenvalue weighted by Gasteiger charge is -2.44. The van der Waals surface area contributed by atoms with Crippen molar-refractivity contribution in [3.63, 3.8) is 0 Å². The minimum atomic E-state index is -0.936. The average Bonchev–Trinajstić information content (AvgIpc) is 3.08. The SMILES string of the molecule is O=C(O)c1nn([C@@H]2CN3CCC2CC3)c2cc(C3CCOCC3)ccc12. The first kappa shape index (κ1) is 16.3. The fourth-order valence-electron chi connectivity index (χ4n) is 5.06. The third-order valence-corrected chi connectivity index (χ3v) is 6.56. The van der Waals surface area contributed by atoms with E-state index >= 15 is 0 Å². The topological polar surface area (TPSA) is 67.6 Å². The number of aromatic carboxylic acids is 1. The molecule has 2 aromatic rings. The van der Waals surface area contributed by atoms with Crippen molar-refractivity contribution >= 4 is 16.9 Å². The van der Waals surface area contributed by atoms with Gasteiger partial charge in [-0.2, -0.15) is 5.10 Å². The Hall–Kier alpha value is -1.92. The molecule has 1 atom stereocenters. The molecule has 4 aliphatic heterocycles. The predicted molar refractivity (Wildman–Crippen MR) is 97.7 cm³/mol. The van der Waals surface area contributed by atoms with Gasteiger partial charge in [0.2, 0.25) is 0 Å². The number of ether oxygens (including phenoxy) is 1. The summed E-state index contributed by atoms with van der Waals surface area (Å²) < 4.78 is 7.54. The van der Waals surface area contributed by atoms with Crippen molar-refractivity contribution in [1.82, 2.24) is 14.7 Å². The zero-order chi connectivity index (χ0) is 17.7. The number of carbonyl (C=O) groups is 1. The van der Waals surface area contributed by atoms with Crippen LogP contribution in [-0.2, 0) is 4.74 Å². The lowest BCUT2D eigenvalue weighted by atomic mass is 9.84. The van der Waals surface area contributed by atoms with Gasteiger partial charge < -0.3 is 14.7 Å². The smallest absolute Gasteiger partial charge is 0.357 e. The molecular weight excluding hydrogens is 330 g/mol. The number of hydrogen-bond donors (Lipinski definition) is 1. The first-order chi connectivity index (χ1) is 12.7. The molecule has 1 aromatic carbocycles. The van der Waals surface area contributed by atoms with E-state index in [4.69, 9.17) is 4.74 Å². The number of carboxylic acid groups (broad SMARTS) is 1. The first-order valence-corrected chi connectivity index (χ1v) is 9.76. The fraction of sp³-hybridized carbons (Fsp3) is 0.600. The Balaban J connectivity index is 1.60. The highest BCUT2D eigenvalue weighted by atomic mass is 16.5. The summed E-state index contributed by atoms with van der Waals surface area (Å²) >= 11 is 0. The van der Waals surface area contributed by atoms with E-state index in [0.717, 1.165) is 43.5 Å². The number of carboxylic acids is 1. The van der Waals surface area contributed by atoms with Gasteiger partial charge in [-0.1, -0.05) is 12.1 Å². The minimum Gasteiger partial charge on any atom is -0.476 e. The van der Waals surface area contributed by atoms with Crippen LogP contribution in [-0.4, -0.2) is 58.6 Å². The van der Waals surface area contributed by atoms with Gasteiger partial charge in [0.25, 0.3) is 0 Å². The van der Waals surface area contributed by atoms with E-state index in [2.05, 4.69) is 22.1 Å². The van der Waals surface area contributed by atoms with E-state index in [-0.39, 0.29) is 11.7 Å². The summed E-state index contributed by atoms with van der Waals surface area (Å²) in [5.41, 5.74) is 2.47. The molecule has 4 aliphatic rings. The van der Waals surface area contributed by atoms with Gasteiger partial charge in [0.1, 0.15) is 0 Å². The van der Waals surface area contributed by atoms with Crippen molar-refractivity contribution < 1.29 is 14.6 Å². The number of piperidine rings is 3. The standard InChI is InChI=1S/C20H25N3O3/c24-20(25)19-16-2-1-15(13-5-9-26-10-6-13)11-17(16)23(21-19)18-12-22-7-3-14(18)4-8-22/h1-2,11,13-14,18H,3-10,12H2,(H,24,25)/t18-/m1/s1. The lowest BCUT2D eigenvalue weighted by molar-refractivity contribution is 0.0523. The highest BCUT2D eigenvalue weighted by molar-refractivity contribution is 6.01. The largest absolute Gasteiger partial charge is 0.476 e. The summed E-state index contributed by atoms with van der Waals surface area (Å²) in [6, 6.07) is 6.54. The van der Waals surface area contributed by atoms with Crippen molar-refractivity contribution in [2.24, 2.45) is 5.92 Å². The lowest BCUT2D eigenvalue weighted by Crippen LogP contribution is -2.48. The van der Waals surface area contributed by atoms with Gasteiger partial charge in [0.05, 0.1) is 11.6 Å². The zero-order valence-corrected chi connectivity index (χ0v) is 14.9. The molecule has 4 saturated heterocycles. The number of nitrogens with zero attached hydrogens (tertiary/aromatic N) is 3. The monoisotopic (exact) mass is 355 g/mol. The van der Waals surface area contributed by atoms with Crippen molar-refractivity contribution in [2.45, 2.75) is 37.6 Å². The van der Waals surface area contributed by atoms with E-state index < -0.39 is 5.97 Å².